The van der Waals surface area contributed by atoms with Crippen LogP contribution < -0.4 is 5.32 Å². The molecule has 20 heavy (non-hydrogen) atoms. The summed E-state index contributed by atoms with van der Waals surface area (Å²) in [7, 11) is 1.64. The van der Waals surface area contributed by atoms with E-state index in [1.807, 2.05) is 11.0 Å². The maximum atomic E-state index is 11.0. The Balaban J connectivity index is 2.84. The SMILES string of the molecule is CNc1ccc(CN(CCO)CCCO)cc1[N+](=O)[O-]. The lowest BCUT2D eigenvalue weighted by atomic mass is 10.1. The average Bonchev–Trinajstić information content (AvgIpc) is 2.44. The number of nitro groups is 1. The van der Waals surface area contributed by atoms with E-state index in [0.29, 0.717) is 31.7 Å². The monoisotopic (exact) mass is 283 g/mol. The minimum Gasteiger partial charge on any atom is -0.396 e. The van der Waals surface area contributed by atoms with Crippen LogP contribution in [0.15, 0.2) is 18.2 Å². The summed E-state index contributed by atoms with van der Waals surface area (Å²) in [6.07, 6.45) is 0.608. The molecule has 1 rings (SSSR count). The number of nitrogens with one attached hydrogen (secondary N) is 1. The molecule has 1 aromatic rings. The van der Waals surface area contributed by atoms with Gasteiger partial charge in [0.25, 0.3) is 5.69 Å². The second-order valence-corrected chi connectivity index (χ2v) is 4.44. The van der Waals surface area contributed by atoms with E-state index in [4.69, 9.17) is 10.2 Å². The van der Waals surface area contributed by atoms with Gasteiger partial charge in [0, 0.05) is 39.4 Å². The molecule has 7 heteroatoms. The molecule has 0 saturated carbocycles. The van der Waals surface area contributed by atoms with Crippen molar-refractivity contribution in [1.82, 2.24) is 4.90 Å². The summed E-state index contributed by atoms with van der Waals surface area (Å²) in [5, 5.41) is 31.6. The van der Waals surface area contributed by atoms with Crippen molar-refractivity contribution >= 4 is 11.4 Å². The van der Waals surface area contributed by atoms with E-state index in [1.54, 1.807) is 13.1 Å². The first-order valence-corrected chi connectivity index (χ1v) is 6.51. The van der Waals surface area contributed by atoms with Gasteiger partial charge in [-0.2, -0.15) is 0 Å². The van der Waals surface area contributed by atoms with Gasteiger partial charge in [0.1, 0.15) is 5.69 Å². The molecule has 7 nitrogen and oxygen atoms in total. The van der Waals surface area contributed by atoms with Crippen molar-refractivity contribution < 1.29 is 15.1 Å². The normalized spacial score (nSPS) is 10.8. The summed E-state index contributed by atoms with van der Waals surface area (Å²) in [5.41, 5.74) is 1.32. The van der Waals surface area contributed by atoms with E-state index in [2.05, 4.69) is 5.32 Å². The van der Waals surface area contributed by atoms with Crippen LogP contribution in [0.25, 0.3) is 0 Å². The molecule has 0 spiro atoms. The van der Waals surface area contributed by atoms with Crippen LogP contribution in [-0.4, -0.2) is 53.4 Å². The smallest absolute Gasteiger partial charge is 0.292 e. The van der Waals surface area contributed by atoms with Gasteiger partial charge in [0.05, 0.1) is 11.5 Å². The molecule has 0 aliphatic rings. The summed E-state index contributed by atoms with van der Waals surface area (Å²) in [6, 6.07) is 5.04. The van der Waals surface area contributed by atoms with E-state index in [0.717, 1.165) is 5.56 Å². The Morgan fingerprint density at radius 3 is 2.60 bits per heavy atom. The molecule has 0 radical (unpaired) electrons. The Kier molecular flexibility index (Phi) is 6.92. The van der Waals surface area contributed by atoms with Crippen molar-refractivity contribution in [3.8, 4) is 0 Å². The molecule has 0 aromatic heterocycles. The molecule has 0 aliphatic heterocycles. The standard InChI is InChI=1S/C13H21N3O4/c1-14-12-4-3-11(9-13(12)16(19)20)10-15(6-8-18)5-2-7-17/h3-4,9,14,17-18H,2,5-8,10H2,1H3. The Hall–Kier alpha value is -1.70. The highest BCUT2D eigenvalue weighted by molar-refractivity contribution is 5.62. The number of aliphatic hydroxyl groups excluding tert-OH is 2. The highest BCUT2D eigenvalue weighted by Crippen LogP contribution is 2.25. The minimum atomic E-state index is -0.417. The van der Waals surface area contributed by atoms with Crippen LogP contribution >= 0.6 is 0 Å². The first kappa shape index (κ1) is 16.4. The first-order chi connectivity index (χ1) is 9.62. The summed E-state index contributed by atoms with van der Waals surface area (Å²) in [4.78, 5) is 12.5. The van der Waals surface area contributed by atoms with Crippen LogP contribution in [0, 0.1) is 10.1 Å². The van der Waals surface area contributed by atoms with Gasteiger partial charge >= 0.3 is 0 Å². The van der Waals surface area contributed by atoms with Gasteiger partial charge in [0.2, 0.25) is 0 Å². The Morgan fingerprint density at radius 2 is 2.05 bits per heavy atom. The van der Waals surface area contributed by atoms with Crippen LogP contribution in [-0.2, 0) is 6.54 Å². The quantitative estimate of drug-likeness (QED) is 0.458. The van der Waals surface area contributed by atoms with Crippen molar-refractivity contribution in [2.75, 3.05) is 38.7 Å². The van der Waals surface area contributed by atoms with Gasteiger partial charge in [-0.1, -0.05) is 6.07 Å². The fourth-order valence-corrected chi connectivity index (χ4v) is 2.00. The lowest BCUT2D eigenvalue weighted by Crippen LogP contribution is -2.28. The number of nitro benzene ring substituents is 1. The van der Waals surface area contributed by atoms with Crippen molar-refractivity contribution in [1.29, 1.82) is 0 Å². The molecule has 0 saturated heterocycles. The zero-order valence-corrected chi connectivity index (χ0v) is 11.6. The van der Waals surface area contributed by atoms with Gasteiger partial charge in [0.15, 0.2) is 0 Å². The highest BCUT2D eigenvalue weighted by atomic mass is 16.6. The molecule has 0 unspecified atom stereocenters. The van der Waals surface area contributed by atoms with Crippen LogP contribution in [0.2, 0.25) is 0 Å². The van der Waals surface area contributed by atoms with E-state index < -0.39 is 4.92 Å². The molecule has 0 amide bonds. The Labute approximate surface area is 118 Å². The number of benzene rings is 1. The van der Waals surface area contributed by atoms with Crippen molar-refractivity contribution in [3.05, 3.63) is 33.9 Å². The fourth-order valence-electron chi connectivity index (χ4n) is 2.00. The molecule has 0 fully saturated rings. The van der Waals surface area contributed by atoms with E-state index in [-0.39, 0.29) is 18.9 Å². The number of aliphatic hydroxyl groups is 2. The molecular weight excluding hydrogens is 262 g/mol. The number of hydrogen-bond donors (Lipinski definition) is 3. The Bertz CT molecular complexity index is 440. The average molecular weight is 283 g/mol. The molecule has 0 aliphatic carbocycles. The van der Waals surface area contributed by atoms with E-state index in [9.17, 15) is 10.1 Å². The zero-order valence-electron chi connectivity index (χ0n) is 11.6. The molecule has 0 heterocycles. The van der Waals surface area contributed by atoms with Crippen LogP contribution in [0.3, 0.4) is 0 Å². The lowest BCUT2D eigenvalue weighted by Gasteiger charge is -2.21. The third kappa shape index (κ3) is 4.76. The summed E-state index contributed by atoms with van der Waals surface area (Å²) >= 11 is 0. The first-order valence-electron chi connectivity index (χ1n) is 6.51. The summed E-state index contributed by atoms with van der Waals surface area (Å²) < 4.78 is 0. The van der Waals surface area contributed by atoms with Crippen molar-refractivity contribution in [3.63, 3.8) is 0 Å². The van der Waals surface area contributed by atoms with Crippen molar-refractivity contribution in [2.45, 2.75) is 13.0 Å². The third-order valence-corrected chi connectivity index (χ3v) is 2.98. The molecular formula is C13H21N3O4. The van der Waals surface area contributed by atoms with Gasteiger partial charge in [-0.05, 0) is 18.1 Å². The molecule has 0 atom stereocenters. The topological polar surface area (TPSA) is 98.9 Å². The second-order valence-electron chi connectivity index (χ2n) is 4.44. The van der Waals surface area contributed by atoms with Gasteiger partial charge in [-0.15, -0.1) is 0 Å². The Morgan fingerprint density at radius 1 is 1.30 bits per heavy atom. The predicted molar refractivity (Wildman–Crippen MR) is 76.7 cm³/mol. The fraction of sp³-hybridized carbons (Fsp3) is 0.538. The highest BCUT2D eigenvalue weighted by Gasteiger charge is 2.14. The number of anilines is 1. The minimum absolute atomic E-state index is 0.0160. The number of rotatable bonds is 9. The third-order valence-electron chi connectivity index (χ3n) is 2.98. The molecule has 112 valence electrons. The maximum absolute atomic E-state index is 11.0. The predicted octanol–water partition coefficient (Wildman–Crippen LogP) is 0.813. The van der Waals surface area contributed by atoms with Gasteiger partial charge in [-0.25, -0.2) is 0 Å². The molecule has 3 N–H and O–H groups in total. The second kappa shape index (κ2) is 8.47. The van der Waals surface area contributed by atoms with Crippen LogP contribution in [0.4, 0.5) is 11.4 Å². The lowest BCUT2D eigenvalue weighted by molar-refractivity contribution is -0.384. The number of hydrogen-bond acceptors (Lipinski definition) is 6. The van der Waals surface area contributed by atoms with Crippen LogP contribution in [0.1, 0.15) is 12.0 Å². The van der Waals surface area contributed by atoms with Crippen molar-refractivity contribution in [2.24, 2.45) is 0 Å². The van der Waals surface area contributed by atoms with Gasteiger partial charge < -0.3 is 15.5 Å². The summed E-state index contributed by atoms with van der Waals surface area (Å²) in [5.74, 6) is 0. The van der Waals surface area contributed by atoms with E-state index in [1.165, 1.54) is 6.07 Å². The maximum Gasteiger partial charge on any atom is 0.292 e. The summed E-state index contributed by atoms with van der Waals surface area (Å²) in [6.45, 7) is 1.72. The zero-order chi connectivity index (χ0) is 15.0. The molecule has 1 aromatic carbocycles. The molecule has 0 bridgehead atoms. The number of nitrogens with zero attached hydrogens (tertiary/aromatic N) is 2. The van der Waals surface area contributed by atoms with E-state index >= 15 is 0 Å². The van der Waals surface area contributed by atoms with Gasteiger partial charge in [-0.3, -0.25) is 15.0 Å². The van der Waals surface area contributed by atoms with Crippen LogP contribution in [0.5, 0.6) is 0 Å². The largest absolute Gasteiger partial charge is 0.396 e.